The Labute approximate surface area is 87.8 Å². The Morgan fingerprint density at radius 2 is 1.86 bits per heavy atom. The molecule has 0 spiro atoms. The fourth-order valence-electron chi connectivity index (χ4n) is 1.59. The first-order chi connectivity index (χ1) is 6.66. The molecule has 14 heavy (non-hydrogen) atoms. The number of aromatic nitrogens is 2. The highest BCUT2D eigenvalue weighted by Gasteiger charge is 2.09. The van der Waals surface area contributed by atoms with Crippen LogP contribution < -0.4 is 0 Å². The van der Waals surface area contributed by atoms with Gasteiger partial charge in [-0.25, -0.2) is 0 Å². The summed E-state index contributed by atoms with van der Waals surface area (Å²) < 4.78 is 0. The van der Waals surface area contributed by atoms with Gasteiger partial charge in [0.1, 0.15) is 0 Å². The van der Waals surface area contributed by atoms with E-state index in [0.717, 1.165) is 12.1 Å². The lowest BCUT2D eigenvalue weighted by Crippen LogP contribution is -2.03. The van der Waals surface area contributed by atoms with Crippen LogP contribution in [0.5, 0.6) is 0 Å². The maximum Gasteiger partial charge on any atom is 0.0665 e. The van der Waals surface area contributed by atoms with Gasteiger partial charge in [0.05, 0.1) is 11.9 Å². The van der Waals surface area contributed by atoms with Crippen molar-refractivity contribution >= 4 is 0 Å². The van der Waals surface area contributed by atoms with E-state index in [1.54, 1.807) is 0 Å². The molecule has 0 saturated carbocycles. The second kappa shape index (κ2) is 6.52. The minimum absolute atomic E-state index is 0.551. The largest absolute Gasteiger partial charge is 0.159 e. The van der Waals surface area contributed by atoms with Crippen molar-refractivity contribution in [2.75, 3.05) is 0 Å². The molecule has 0 aliphatic carbocycles. The third kappa shape index (κ3) is 3.09. The molecule has 1 heterocycles. The molecule has 0 atom stereocenters. The first-order valence-electron chi connectivity index (χ1n) is 5.47. The van der Waals surface area contributed by atoms with Gasteiger partial charge in [-0.05, 0) is 30.4 Å². The van der Waals surface area contributed by atoms with Crippen molar-refractivity contribution in [2.45, 2.75) is 53.9 Å². The lowest BCUT2D eigenvalue weighted by molar-refractivity contribution is 0.784. The first kappa shape index (κ1) is 13.1. The van der Waals surface area contributed by atoms with Gasteiger partial charge in [0.2, 0.25) is 0 Å². The molecule has 0 aromatic carbocycles. The Hall–Kier alpha value is -0.920. The average Bonchev–Trinajstić information content (AvgIpc) is 2.19. The van der Waals surface area contributed by atoms with Gasteiger partial charge in [-0.1, -0.05) is 34.6 Å². The highest BCUT2D eigenvalue weighted by atomic mass is 15.1. The van der Waals surface area contributed by atoms with Gasteiger partial charge < -0.3 is 0 Å². The molecule has 0 unspecified atom stereocenters. The normalized spacial score (nSPS) is 9.64. The fourth-order valence-corrected chi connectivity index (χ4v) is 1.59. The average molecular weight is 194 g/mol. The number of hydrogen-bond acceptors (Lipinski definition) is 2. The Bertz CT molecular complexity index is 267. The van der Waals surface area contributed by atoms with Crippen LogP contribution in [-0.2, 0) is 6.42 Å². The van der Waals surface area contributed by atoms with Crippen LogP contribution in [0.25, 0.3) is 0 Å². The summed E-state index contributed by atoms with van der Waals surface area (Å²) in [4.78, 5) is 0. The van der Waals surface area contributed by atoms with E-state index in [1.807, 2.05) is 20.0 Å². The van der Waals surface area contributed by atoms with E-state index in [-0.39, 0.29) is 0 Å². The van der Waals surface area contributed by atoms with Crippen LogP contribution in [-0.4, -0.2) is 10.2 Å². The van der Waals surface area contributed by atoms with Crippen LogP contribution in [0.15, 0.2) is 6.20 Å². The smallest absolute Gasteiger partial charge is 0.0665 e. The lowest BCUT2D eigenvalue weighted by Gasteiger charge is -2.11. The van der Waals surface area contributed by atoms with Gasteiger partial charge in [-0.2, -0.15) is 10.2 Å². The van der Waals surface area contributed by atoms with E-state index in [9.17, 15) is 0 Å². The van der Waals surface area contributed by atoms with Gasteiger partial charge in [0, 0.05) is 0 Å². The third-order valence-corrected chi connectivity index (χ3v) is 2.08. The summed E-state index contributed by atoms with van der Waals surface area (Å²) in [5.74, 6) is 0.551. The second-order valence-electron chi connectivity index (χ2n) is 3.40. The molecule has 0 saturated heterocycles. The van der Waals surface area contributed by atoms with Crippen molar-refractivity contribution in [3.05, 3.63) is 23.0 Å². The molecule has 0 radical (unpaired) electrons. The van der Waals surface area contributed by atoms with Crippen LogP contribution in [0.3, 0.4) is 0 Å². The molecule has 1 rings (SSSR count). The SMILES string of the molecule is CC.CCc1nncc(C)c1C(C)C. The minimum atomic E-state index is 0.551. The highest BCUT2D eigenvalue weighted by Crippen LogP contribution is 2.20. The monoisotopic (exact) mass is 194 g/mol. The van der Waals surface area contributed by atoms with E-state index in [4.69, 9.17) is 0 Å². The van der Waals surface area contributed by atoms with Gasteiger partial charge in [0.15, 0.2) is 0 Å². The zero-order valence-corrected chi connectivity index (χ0v) is 10.3. The molecule has 0 N–H and O–H groups in total. The molecular formula is C12H22N2. The van der Waals surface area contributed by atoms with Crippen molar-refractivity contribution < 1.29 is 0 Å². The number of rotatable bonds is 2. The van der Waals surface area contributed by atoms with Crippen LogP contribution >= 0.6 is 0 Å². The van der Waals surface area contributed by atoms with Gasteiger partial charge in [-0.3, -0.25) is 0 Å². The summed E-state index contributed by atoms with van der Waals surface area (Å²) in [5, 5.41) is 8.08. The van der Waals surface area contributed by atoms with Gasteiger partial charge in [0.25, 0.3) is 0 Å². The van der Waals surface area contributed by atoms with Crippen LogP contribution in [0.1, 0.15) is 57.4 Å². The highest BCUT2D eigenvalue weighted by molar-refractivity contribution is 5.29. The summed E-state index contributed by atoms with van der Waals surface area (Å²) in [6.07, 6.45) is 2.82. The summed E-state index contributed by atoms with van der Waals surface area (Å²) in [6.45, 7) is 12.6. The number of nitrogens with zero attached hydrogens (tertiary/aromatic N) is 2. The lowest BCUT2D eigenvalue weighted by atomic mass is 9.97. The van der Waals surface area contributed by atoms with E-state index in [0.29, 0.717) is 5.92 Å². The Morgan fingerprint density at radius 3 is 2.21 bits per heavy atom. The van der Waals surface area contributed by atoms with E-state index < -0.39 is 0 Å². The number of aryl methyl sites for hydroxylation is 2. The molecule has 1 aromatic rings. The molecule has 0 aliphatic heterocycles. The molecule has 0 bridgehead atoms. The molecule has 0 amide bonds. The van der Waals surface area contributed by atoms with E-state index in [1.165, 1.54) is 11.1 Å². The molecule has 1 aromatic heterocycles. The van der Waals surface area contributed by atoms with Crippen LogP contribution in [0, 0.1) is 6.92 Å². The van der Waals surface area contributed by atoms with Crippen molar-refractivity contribution in [3.63, 3.8) is 0 Å². The standard InChI is InChI=1S/C10H16N2.C2H6/c1-5-9-10(7(2)3)8(4)6-11-12-9;1-2/h6-7H,5H2,1-4H3;1-2H3. The van der Waals surface area contributed by atoms with E-state index in [2.05, 4.69) is 37.9 Å². The van der Waals surface area contributed by atoms with E-state index >= 15 is 0 Å². The third-order valence-electron chi connectivity index (χ3n) is 2.08. The molecule has 0 fully saturated rings. The quantitative estimate of drug-likeness (QED) is 0.720. The Balaban J connectivity index is 0.000000791. The molecule has 80 valence electrons. The summed E-state index contributed by atoms with van der Waals surface area (Å²) in [5.41, 5.74) is 3.77. The Kier molecular flexibility index (Phi) is 6.09. The van der Waals surface area contributed by atoms with Crippen molar-refractivity contribution in [1.82, 2.24) is 10.2 Å². The van der Waals surface area contributed by atoms with Gasteiger partial charge >= 0.3 is 0 Å². The zero-order valence-electron chi connectivity index (χ0n) is 10.3. The number of hydrogen-bond donors (Lipinski definition) is 0. The topological polar surface area (TPSA) is 25.8 Å². The Morgan fingerprint density at radius 1 is 1.29 bits per heavy atom. The first-order valence-corrected chi connectivity index (χ1v) is 5.47. The summed E-state index contributed by atoms with van der Waals surface area (Å²) in [6, 6.07) is 0. The van der Waals surface area contributed by atoms with Crippen molar-refractivity contribution in [1.29, 1.82) is 0 Å². The van der Waals surface area contributed by atoms with Gasteiger partial charge in [-0.15, -0.1) is 0 Å². The minimum Gasteiger partial charge on any atom is -0.159 e. The van der Waals surface area contributed by atoms with Crippen LogP contribution in [0.4, 0.5) is 0 Å². The van der Waals surface area contributed by atoms with Crippen molar-refractivity contribution in [2.24, 2.45) is 0 Å². The second-order valence-corrected chi connectivity index (χ2v) is 3.40. The molecular weight excluding hydrogens is 172 g/mol. The summed E-state index contributed by atoms with van der Waals surface area (Å²) in [7, 11) is 0. The summed E-state index contributed by atoms with van der Waals surface area (Å²) >= 11 is 0. The van der Waals surface area contributed by atoms with Crippen molar-refractivity contribution in [3.8, 4) is 0 Å². The predicted molar refractivity (Wildman–Crippen MR) is 61.6 cm³/mol. The fraction of sp³-hybridized carbons (Fsp3) is 0.667. The maximum absolute atomic E-state index is 4.13. The molecule has 0 aliphatic rings. The zero-order chi connectivity index (χ0) is 11.1. The molecule has 2 heteroatoms. The molecule has 2 nitrogen and oxygen atoms in total. The predicted octanol–water partition coefficient (Wildman–Crippen LogP) is 3.50. The maximum atomic E-state index is 4.13. The van der Waals surface area contributed by atoms with Crippen LogP contribution in [0.2, 0.25) is 0 Å².